The Balaban J connectivity index is 1.86. The summed E-state index contributed by atoms with van der Waals surface area (Å²) in [7, 11) is 0. The van der Waals surface area contributed by atoms with Crippen LogP contribution in [0.15, 0.2) is 58.4 Å². The summed E-state index contributed by atoms with van der Waals surface area (Å²) in [4.78, 5) is 16.9. The number of hydrogen-bond donors (Lipinski definition) is 1. The van der Waals surface area contributed by atoms with E-state index in [0.29, 0.717) is 25.8 Å². The lowest BCUT2D eigenvalue weighted by molar-refractivity contribution is -0.115. The lowest BCUT2D eigenvalue weighted by Crippen LogP contribution is -2.19. The minimum absolute atomic E-state index is 0.189. The van der Waals surface area contributed by atoms with Crippen LogP contribution in [0, 0.1) is 0 Å². The van der Waals surface area contributed by atoms with Gasteiger partial charge in [0, 0.05) is 10.0 Å². The second-order valence-corrected chi connectivity index (χ2v) is 6.36. The first-order chi connectivity index (χ1) is 10.6. The average Bonchev–Trinajstić information content (AvgIpc) is 2.81. The number of carbonyl (C=O) groups is 1. The van der Waals surface area contributed by atoms with Crippen LogP contribution in [-0.2, 0) is 4.79 Å². The molecular formula is C16H10Cl2N2OS. The number of aliphatic imine (C=N–C) groups is 1. The Morgan fingerprint density at radius 1 is 1.09 bits per heavy atom. The quantitative estimate of drug-likeness (QED) is 0.785. The lowest BCUT2D eigenvalue weighted by Gasteiger charge is -1.97. The van der Waals surface area contributed by atoms with Gasteiger partial charge in [0.25, 0.3) is 5.91 Å². The topological polar surface area (TPSA) is 41.5 Å². The van der Waals surface area contributed by atoms with Gasteiger partial charge in [-0.1, -0.05) is 47.5 Å². The summed E-state index contributed by atoms with van der Waals surface area (Å²) in [6.45, 7) is 0. The zero-order valence-corrected chi connectivity index (χ0v) is 13.5. The van der Waals surface area contributed by atoms with Crippen molar-refractivity contribution in [3.63, 3.8) is 0 Å². The van der Waals surface area contributed by atoms with Crippen LogP contribution in [0.2, 0.25) is 10.0 Å². The van der Waals surface area contributed by atoms with E-state index in [9.17, 15) is 4.79 Å². The predicted molar refractivity (Wildman–Crippen MR) is 93.7 cm³/mol. The van der Waals surface area contributed by atoms with Gasteiger partial charge in [-0.05, 0) is 47.7 Å². The highest BCUT2D eigenvalue weighted by atomic mass is 35.5. The highest BCUT2D eigenvalue weighted by molar-refractivity contribution is 8.18. The van der Waals surface area contributed by atoms with Crippen molar-refractivity contribution in [2.45, 2.75) is 0 Å². The Hall–Kier alpha value is -1.75. The summed E-state index contributed by atoms with van der Waals surface area (Å²) in [5.74, 6) is -0.189. The number of carbonyl (C=O) groups excluding carboxylic acids is 1. The largest absolute Gasteiger partial charge is 0.300 e. The predicted octanol–water partition coefficient (Wildman–Crippen LogP) is 4.89. The van der Waals surface area contributed by atoms with E-state index in [4.69, 9.17) is 23.2 Å². The zero-order chi connectivity index (χ0) is 15.5. The van der Waals surface area contributed by atoms with E-state index < -0.39 is 0 Å². The number of benzene rings is 2. The summed E-state index contributed by atoms with van der Waals surface area (Å²) in [6.07, 6.45) is 1.75. The molecule has 0 bridgehead atoms. The van der Waals surface area contributed by atoms with Crippen LogP contribution in [0.1, 0.15) is 5.56 Å². The van der Waals surface area contributed by atoms with Gasteiger partial charge in [-0.15, -0.1) is 0 Å². The fraction of sp³-hybridized carbons (Fsp3) is 0. The second-order valence-electron chi connectivity index (χ2n) is 4.48. The van der Waals surface area contributed by atoms with Gasteiger partial charge >= 0.3 is 0 Å². The first-order valence-corrected chi connectivity index (χ1v) is 7.99. The van der Waals surface area contributed by atoms with E-state index in [-0.39, 0.29) is 5.91 Å². The normalized spacial score (nSPS) is 18.0. The molecule has 3 nitrogen and oxygen atoms in total. The van der Waals surface area contributed by atoms with Crippen LogP contribution in [0.3, 0.4) is 0 Å². The number of hydrogen-bond acceptors (Lipinski definition) is 3. The van der Waals surface area contributed by atoms with E-state index in [2.05, 4.69) is 10.3 Å². The Morgan fingerprint density at radius 3 is 2.68 bits per heavy atom. The zero-order valence-electron chi connectivity index (χ0n) is 11.2. The van der Waals surface area contributed by atoms with E-state index in [1.54, 1.807) is 24.3 Å². The maximum Gasteiger partial charge on any atom is 0.264 e. The number of amides is 1. The maximum absolute atomic E-state index is 12.0. The third kappa shape index (κ3) is 3.53. The van der Waals surface area contributed by atoms with Crippen molar-refractivity contribution in [3.05, 3.63) is 69.0 Å². The molecule has 1 saturated heterocycles. The molecule has 1 fully saturated rings. The molecule has 0 aliphatic carbocycles. The molecule has 1 N–H and O–H groups in total. The molecule has 0 atom stereocenters. The van der Waals surface area contributed by atoms with Crippen molar-refractivity contribution in [3.8, 4) is 0 Å². The van der Waals surface area contributed by atoms with Crippen LogP contribution < -0.4 is 5.32 Å². The first kappa shape index (κ1) is 15.2. The molecule has 2 aromatic carbocycles. The third-order valence-electron chi connectivity index (χ3n) is 2.88. The van der Waals surface area contributed by atoms with E-state index >= 15 is 0 Å². The van der Waals surface area contributed by atoms with E-state index in [0.717, 1.165) is 5.56 Å². The summed E-state index contributed by atoms with van der Waals surface area (Å²) in [6, 6.07) is 14.5. The van der Waals surface area contributed by atoms with Crippen molar-refractivity contribution in [1.29, 1.82) is 0 Å². The number of amidine groups is 1. The number of nitrogens with zero attached hydrogens (tertiary/aromatic N) is 1. The fourth-order valence-electron chi connectivity index (χ4n) is 1.88. The molecule has 0 saturated carbocycles. The van der Waals surface area contributed by atoms with Crippen molar-refractivity contribution in [2.75, 3.05) is 0 Å². The Morgan fingerprint density at radius 2 is 1.91 bits per heavy atom. The smallest absolute Gasteiger partial charge is 0.264 e. The highest BCUT2D eigenvalue weighted by Crippen LogP contribution is 2.30. The van der Waals surface area contributed by atoms with Gasteiger partial charge in [0.1, 0.15) is 0 Å². The van der Waals surface area contributed by atoms with Crippen molar-refractivity contribution < 1.29 is 4.79 Å². The molecule has 1 heterocycles. The van der Waals surface area contributed by atoms with Crippen molar-refractivity contribution in [2.24, 2.45) is 4.99 Å². The molecule has 2 aromatic rings. The molecule has 1 aliphatic rings. The molecular weight excluding hydrogens is 339 g/mol. The molecule has 1 aliphatic heterocycles. The summed E-state index contributed by atoms with van der Waals surface area (Å²) in [5.41, 5.74) is 1.49. The van der Waals surface area contributed by atoms with Crippen LogP contribution in [0.25, 0.3) is 6.08 Å². The monoisotopic (exact) mass is 348 g/mol. The van der Waals surface area contributed by atoms with Gasteiger partial charge < -0.3 is 5.32 Å². The fourth-order valence-corrected chi connectivity index (χ4v) is 3.08. The third-order valence-corrected chi connectivity index (χ3v) is 4.37. The summed E-state index contributed by atoms with van der Waals surface area (Å²) < 4.78 is 0. The molecule has 0 radical (unpaired) electrons. The molecule has 6 heteroatoms. The molecule has 0 unspecified atom stereocenters. The van der Waals surface area contributed by atoms with Gasteiger partial charge in [0.15, 0.2) is 5.17 Å². The number of nitrogens with one attached hydrogen (secondary N) is 1. The minimum Gasteiger partial charge on any atom is -0.300 e. The Labute approximate surface area is 142 Å². The molecule has 1 amide bonds. The summed E-state index contributed by atoms with van der Waals surface area (Å²) in [5, 5.41) is 4.45. The van der Waals surface area contributed by atoms with Crippen LogP contribution in [0.5, 0.6) is 0 Å². The Kier molecular flexibility index (Phi) is 4.52. The molecule has 22 heavy (non-hydrogen) atoms. The van der Waals surface area contributed by atoms with Gasteiger partial charge in [0.2, 0.25) is 0 Å². The van der Waals surface area contributed by atoms with Crippen LogP contribution >= 0.6 is 35.0 Å². The number of rotatable bonds is 2. The molecule has 110 valence electrons. The highest BCUT2D eigenvalue weighted by Gasteiger charge is 2.24. The van der Waals surface area contributed by atoms with Gasteiger partial charge in [-0.3, -0.25) is 4.79 Å². The van der Waals surface area contributed by atoms with Gasteiger partial charge in [-0.2, -0.15) is 0 Å². The summed E-state index contributed by atoms with van der Waals surface area (Å²) >= 11 is 13.3. The molecule has 3 rings (SSSR count). The molecule has 0 aromatic heterocycles. The lowest BCUT2D eigenvalue weighted by atomic mass is 10.2. The van der Waals surface area contributed by atoms with Crippen LogP contribution in [-0.4, -0.2) is 11.1 Å². The van der Waals surface area contributed by atoms with Gasteiger partial charge in [0.05, 0.1) is 10.6 Å². The van der Waals surface area contributed by atoms with Crippen molar-refractivity contribution >= 4 is 57.8 Å². The van der Waals surface area contributed by atoms with Gasteiger partial charge in [-0.25, -0.2) is 4.99 Å². The minimum atomic E-state index is -0.189. The Bertz CT molecular complexity index is 802. The molecule has 0 spiro atoms. The SMILES string of the molecule is O=C1NC(=Nc2cccc(Cl)c2)S/C1=C\c1ccccc1Cl. The average molecular weight is 349 g/mol. The van der Waals surface area contributed by atoms with E-state index in [1.165, 1.54) is 11.8 Å². The van der Waals surface area contributed by atoms with Crippen molar-refractivity contribution in [1.82, 2.24) is 5.32 Å². The number of halogens is 2. The maximum atomic E-state index is 12.0. The standard InChI is InChI=1S/C16H10Cl2N2OS/c17-11-5-3-6-12(9-11)19-16-20-15(21)14(22-16)8-10-4-1-2-7-13(10)18/h1-9H,(H,19,20,21)/b14-8-. The second kappa shape index (κ2) is 6.57. The first-order valence-electron chi connectivity index (χ1n) is 6.41. The number of thioether (sulfide) groups is 1. The van der Waals surface area contributed by atoms with Crippen LogP contribution in [0.4, 0.5) is 5.69 Å². The van der Waals surface area contributed by atoms with E-state index in [1.807, 2.05) is 30.3 Å².